The van der Waals surface area contributed by atoms with Gasteiger partial charge in [0.1, 0.15) is 17.3 Å². The summed E-state index contributed by atoms with van der Waals surface area (Å²) in [6.07, 6.45) is 0. The largest absolute Gasteiger partial charge is 0.493 e. The van der Waals surface area contributed by atoms with Crippen LogP contribution in [-0.4, -0.2) is 23.7 Å². The van der Waals surface area contributed by atoms with Gasteiger partial charge in [-0.3, -0.25) is 0 Å². The van der Waals surface area contributed by atoms with Gasteiger partial charge in [0.25, 0.3) is 0 Å². The lowest BCUT2D eigenvalue weighted by Crippen LogP contribution is -2.00. The lowest BCUT2D eigenvalue weighted by molar-refractivity contribution is 0.281. The van der Waals surface area contributed by atoms with Crippen LogP contribution in [0.1, 0.15) is 5.69 Å². The minimum atomic E-state index is 0.368. The Hall–Kier alpha value is -1.82. The van der Waals surface area contributed by atoms with Gasteiger partial charge < -0.3 is 14.8 Å². The summed E-state index contributed by atoms with van der Waals surface area (Å²) in [5.41, 5.74) is 0.795. The van der Waals surface area contributed by atoms with Crippen molar-refractivity contribution in [1.29, 1.82) is 0 Å². The normalized spacial score (nSPS) is 10.0. The third-order valence-corrected chi connectivity index (χ3v) is 3.00. The predicted octanol–water partition coefficient (Wildman–Crippen LogP) is 2.17. The number of hydrogen-bond acceptors (Lipinski definition) is 6. The minimum Gasteiger partial charge on any atom is -0.493 e. The molecule has 1 aromatic heterocycles. The topological polar surface area (TPSA) is 56.3 Å². The van der Waals surface area contributed by atoms with Gasteiger partial charge in [-0.2, -0.15) is 0 Å². The van der Waals surface area contributed by atoms with Gasteiger partial charge in [-0.15, -0.1) is 5.10 Å². The van der Waals surface area contributed by atoms with Crippen LogP contribution in [0.4, 0.5) is 5.00 Å². The first kappa shape index (κ1) is 11.7. The summed E-state index contributed by atoms with van der Waals surface area (Å²) in [6, 6.07) is 7.51. The number of benzene rings is 1. The highest BCUT2D eigenvalue weighted by molar-refractivity contribution is 7.10. The molecule has 1 heterocycles. The summed E-state index contributed by atoms with van der Waals surface area (Å²) in [6.45, 7) is 0.368. The quantitative estimate of drug-likeness (QED) is 0.882. The van der Waals surface area contributed by atoms with E-state index in [1.54, 1.807) is 7.11 Å². The van der Waals surface area contributed by atoms with Crippen LogP contribution in [-0.2, 0) is 6.61 Å². The number of para-hydroxylation sites is 2. The van der Waals surface area contributed by atoms with E-state index in [1.807, 2.05) is 31.3 Å². The van der Waals surface area contributed by atoms with Crippen LogP contribution in [0.3, 0.4) is 0 Å². The van der Waals surface area contributed by atoms with Crippen molar-refractivity contribution < 1.29 is 9.47 Å². The highest BCUT2D eigenvalue weighted by atomic mass is 32.1. The summed E-state index contributed by atoms with van der Waals surface area (Å²) in [4.78, 5) is 0. The van der Waals surface area contributed by atoms with Gasteiger partial charge in [0.05, 0.1) is 7.11 Å². The number of methoxy groups -OCH3 is 1. The van der Waals surface area contributed by atoms with Gasteiger partial charge in [0.15, 0.2) is 11.5 Å². The van der Waals surface area contributed by atoms with E-state index in [0.29, 0.717) is 18.1 Å². The Morgan fingerprint density at radius 1 is 1.29 bits per heavy atom. The zero-order valence-corrected chi connectivity index (χ0v) is 10.5. The standard InChI is InChI=1S/C11H13N3O2S/c1-12-11-8(13-14-17-11)7-16-10-6-4-3-5-9(10)15-2/h3-6,12H,7H2,1-2H3. The first-order chi connectivity index (χ1) is 8.35. The molecule has 0 spiro atoms. The first-order valence-corrected chi connectivity index (χ1v) is 5.87. The van der Waals surface area contributed by atoms with Crippen molar-refractivity contribution in [1.82, 2.24) is 9.59 Å². The van der Waals surface area contributed by atoms with E-state index in [-0.39, 0.29) is 0 Å². The molecular weight excluding hydrogens is 238 g/mol. The third kappa shape index (κ3) is 2.65. The van der Waals surface area contributed by atoms with Crippen molar-refractivity contribution in [2.45, 2.75) is 6.61 Å². The van der Waals surface area contributed by atoms with Gasteiger partial charge in [-0.05, 0) is 12.1 Å². The van der Waals surface area contributed by atoms with E-state index in [4.69, 9.17) is 9.47 Å². The Bertz CT molecular complexity index is 487. The van der Waals surface area contributed by atoms with Gasteiger partial charge >= 0.3 is 0 Å². The summed E-state index contributed by atoms with van der Waals surface area (Å²) >= 11 is 1.31. The Labute approximate surface area is 104 Å². The number of nitrogens with zero attached hydrogens (tertiary/aromatic N) is 2. The fraction of sp³-hybridized carbons (Fsp3) is 0.273. The molecule has 0 saturated carbocycles. The maximum atomic E-state index is 5.65. The first-order valence-electron chi connectivity index (χ1n) is 5.10. The second-order valence-electron chi connectivity index (χ2n) is 3.24. The molecule has 6 heteroatoms. The van der Waals surface area contributed by atoms with E-state index in [0.717, 1.165) is 10.7 Å². The van der Waals surface area contributed by atoms with Crippen molar-refractivity contribution in [3.05, 3.63) is 30.0 Å². The van der Waals surface area contributed by atoms with E-state index < -0.39 is 0 Å². The molecule has 0 radical (unpaired) electrons. The van der Waals surface area contributed by atoms with E-state index >= 15 is 0 Å². The molecule has 17 heavy (non-hydrogen) atoms. The maximum Gasteiger partial charge on any atom is 0.161 e. The van der Waals surface area contributed by atoms with Gasteiger partial charge in [-0.25, -0.2) is 0 Å². The summed E-state index contributed by atoms with van der Waals surface area (Å²) in [7, 11) is 3.45. The fourth-order valence-electron chi connectivity index (χ4n) is 1.38. The Balaban J connectivity index is 2.07. The second-order valence-corrected chi connectivity index (χ2v) is 3.99. The Kier molecular flexibility index (Phi) is 3.77. The molecule has 5 nitrogen and oxygen atoms in total. The van der Waals surface area contributed by atoms with Gasteiger partial charge in [0, 0.05) is 18.6 Å². The van der Waals surface area contributed by atoms with Crippen LogP contribution >= 0.6 is 11.5 Å². The summed E-state index contributed by atoms with van der Waals surface area (Å²) in [5, 5.41) is 7.94. The lowest BCUT2D eigenvalue weighted by atomic mass is 10.3. The van der Waals surface area contributed by atoms with Crippen LogP contribution in [0.25, 0.3) is 0 Å². The number of anilines is 1. The smallest absolute Gasteiger partial charge is 0.161 e. The van der Waals surface area contributed by atoms with Gasteiger partial charge in [0.2, 0.25) is 0 Å². The monoisotopic (exact) mass is 251 g/mol. The van der Waals surface area contributed by atoms with Crippen LogP contribution in [0.5, 0.6) is 11.5 Å². The molecule has 2 aromatic rings. The van der Waals surface area contributed by atoms with Crippen LogP contribution < -0.4 is 14.8 Å². The minimum absolute atomic E-state index is 0.368. The summed E-state index contributed by atoms with van der Waals surface area (Å²) < 4.78 is 14.7. The highest BCUT2D eigenvalue weighted by Crippen LogP contribution is 2.27. The molecule has 90 valence electrons. The van der Waals surface area contributed by atoms with Crippen LogP contribution in [0, 0.1) is 0 Å². The average Bonchev–Trinajstić information content (AvgIpc) is 2.84. The second kappa shape index (κ2) is 5.49. The zero-order valence-electron chi connectivity index (χ0n) is 9.64. The van der Waals surface area contributed by atoms with Crippen molar-refractivity contribution >= 4 is 16.5 Å². The molecule has 0 saturated heterocycles. The highest BCUT2D eigenvalue weighted by Gasteiger charge is 2.08. The van der Waals surface area contributed by atoms with Crippen molar-refractivity contribution in [2.75, 3.05) is 19.5 Å². The van der Waals surface area contributed by atoms with Crippen molar-refractivity contribution in [3.63, 3.8) is 0 Å². The number of aromatic nitrogens is 2. The molecule has 1 aromatic carbocycles. The number of nitrogens with one attached hydrogen (secondary N) is 1. The number of ether oxygens (including phenoxy) is 2. The van der Waals surface area contributed by atoms with E-state index in [1.165, 1.54) is 11.5 Å². The molecule has 1 N–H and O–H groups in total. The summed E-state index contributed by atoms with van der Waals surface area (Å²) in [5.74, 6) is 1.41. The van der Waals surface area contributed by atoms with Gasteiger partial charge in [-0.1, -0.05) is 16.6 Å². The molecule has 0 aliphatic carbocycles. The van der Waals surface area contributed by atoms with Crippen LogP contribution in [0.15, 0.2) is 24.3 Å². The molecule has 2 rings (SSSR count). The van der Waals surface area contributed by atoms with E-state index in [2.05, 4.69) is 14.9 Å². The molecule has 0 aliphatic rings. The molecule has 0 fully saturated rings. The van der Waals surface area contributed by atoms with Crippen molar-refractivity contribution in [2.24, 2.45) is 0 Å². The maximum absolute atomic E-state index is 5.65. The molecular formula is C11H13N3O2S. The predicted molar refractivity (Wildman–Crippen MR) is 66.8 cm³/mol. The fourth-order valence-corrected chi connectivity index (χ4v) is 1.89. The molecule has 0 amide bonds. The molecule has 0 aliphatic heterocycles. The molecule has 0 bridgehead atoms. The van der Waals surface area contributed by atoms with E-state index in [9.17, 15) is 0 Å². The average molecular weight is 251 g/mol. The molecule has 0 atom stereocenters. The number of rotatable bonds is 5. The molecule has 0 unspecified atom stereocenters. The Morgan fingerprint density at radius 2 is 2.06 bits per heavy atom. The zero-order chi connectivity index (χ0) is 12.1. The number of hydrogen-bond donors (Lipinski definition) is 1. The lowest BCUT2D eigenvalue weighted by Gasteiger charge is -2.09. The van der Waals surface area contributed by atoms with Crippen LogP contribution in [0.2, 0.25) is 0 Å². The van der Waals surface area contributed by atoms with Crippen molar-refractivity contribution in [3.8, 4) is 11.5 Å². The Morgan fingerprint density at radius 3 is 2.76 bits per heavy atom. The third-order valence-electron chi connectivity index (χ3n) is 2.22. The SMILES string of the molecule is CNc1snnc1COc1ccccc1OC.